The minimum absolute atomic E-state index is 1.11. The number of anilines is 3. The summed E-state index contributed by atoms with van der Waals surface area (Å²) in [5.74, 6) is 0. The zero-order valence-electron chi connectivity index (χ0n) is 26.4. The predicted octanol–water partition coefficient (Wildman–Crippen LogP) is 12.7. The lowest BCUT2D eigenvalue weighted by atomic mass is 10.0. The Labute approximate surface area is 280 Å². The lowest BCUT2D eigenvalue weighted by Gasteiger charge is -2.26. The van der Waals surface area contributed by atoms with E-state index in [1.54, 1.807) is 0 Å². The van der Waals surface area contributed by atoms with Crippen molar-refractivity contribution < 1.29 is 0 Å². The molecule has 0 aliphatic rings. The normalized spacial score (nSPS) is 11.3. The van der Waals surface area contributed by atoms with Crippen LogP contribution < -0.4 is 4.90 Å². The van der Waals surface area contributed by atoms with Crippen LogP contribution >= 0.6 is 0 Å². The molecule has 0 unspecified atom stereocenters. The second-order valence-corrected chi connectivity index (χ2v) is 12.3. The fourth-order valence-electron chi connectivity index (χ4n) is 7.00. The van der Waals surface area contributed by atoms with E-state index < -0.39 is 0 Å². The van der Waals surface area contributed by atoms with Crippen LogP contribution in [0.25, 0.3) is 60.5 Å². The molecule has 9 aromatic rings. The maximum atomic E-state index is 2.43. The van der Waals surface area contributed by atoms with Crippen LogP contribution in [0.15, 0.2) is 194 Å². The Morgan fingerprint density at radius 3 is 1.40 bits per heavy atom. The van der Waals surface area contributed by atoms with Gasteiger partial charge in [0.25, 0.3) is 0 Å². The zero-order chi connectivity index (χ0) is 31.9. The molecule has 48 heavy (non-hydrogen) atoms. The number of fused-ring (bicyclic) bond motifs is 4. The van der Waals surface area contributed by atoms with E-state index in [1.165, 1.54) is 54.8 Å². The van der Waals surface area contributed by atoms with Gasteiger partial charge in [0.15, 0.2) is 0 Å². The third kappa shape index (κ3) is 4.92. The topological polar surface area (TPSA) is 8.17 Å². The maximum Gasteiger partial charge on any atom is 0.0561 e. The van der Waals surface area contributed by atoms with Crippen molar-refractivity contribution in [2.24, 2.45) is 0 Å². The van der Waals surface area contributed by atoms with Crippen LogP contribution in [0, 0.1) is 0 Å². The Balaban J connectivity index is 1.24. The van der Waals surface area contributed by atoms with E-state index >= 15 is 0 Å². The number of para-hydroxylation sites is 1. The molecule has 0 saturated heterocycles. The molecule has 0 radical (unpaired) electrons. The molecule has 0 fully saturated rings. The van der Waals surface area contributed by atoms with Gasteiger partial charge in [-0.1, -0.05) is 133 Å². The van der Waals surface area contributed by atoms with Gasteiger partial charge >= 0.3 is 0 Å². The van der Waals surface area contributed by atoms with Gasteiger partial charge in [-0.3, -0.25) is 0 Å². The van der Waals surface area contributed by atoms with Gasteiger partial charge in [0.2, 0.25) is 0 Å². The zero-order valence-corrected chi connectivity index (χ0v) is 26.4. The summed E-state index contributed by atoms with van der Waals surface area (Å²) in [6, 6.07) is 69.9. The molecule has 9 rings (SSSR count). The first-order valence-corrected chi connectivity index (χ1v) is 16.4. The molecular weight excluding hydrogens is 581 g/mol. The van der Waals surface area contributed by atoms with Crippen LogP contribution in [0.3, 0.4) is 0 Å². The summed E-state index contributed by atoms with van der Waals surface area (Å²) in [7, 11) is 0. The smallest absolute Gasteiger partial charge is 0.0561 e. The lowest BCUT2D eigenvalue weighted by Crippen LogP contribution is -2.10. The first kappa shape index (κ1) is 27.9. The standard InChI is InChI=1S/C46H32N2/c1-4-12-33(13-5-1)35-20-24-40(25-21-35)47(39-18-8-3-9-19-39)42-28-29-43-44-30-37-16-10-11-17-38(37)31-45(44)48(46(43)32-42)41-26-22-36(23-27-41)34-14-6-2-7-15-34/h1-32H. The van der Waals surface area contributed by atoms with Crippen LogP contribution in [0.2, 0.25) is 0 Å². The van der Waals surface area contributed by atoms with Crippen molar-refractivity contribution in [2.75, 3.05) is 4.90 Å². The summed E-state index contributed by atoms with van der Waals surface area (Å²) >= 11 is 0. The molecule has 0 aliphatic heterocycles. The fraction of sp³-hybridized carbons (Fsp3) is 0. The summed E-state index contributed by atoms with van der Waals surface area (Å²) in [4.78, 5) is 2.35. The summed E-state index contributed by atoms with van der Waals surface area (Å²) in [6.45, 7) is 0. The third-order valence-electron chi connectivity index (χ3n) is 9.36. The fourth-order valence-corrected chi connectivity index (χ4v) is 7.00. The number of benzene rings is 8. The molecule has 0 aliphatic carbocycles. The van der Waals surface area contributed by atoms with Crippen LogP contribution in [-0.4, -0.2) is 4.57 Å². The van der Waals surface area contributed by atoms with Crippen LogP contribution in [0.5, 0.6) is 0 Å². The van der Waals surface area contributed by atoms with E-state index in [0.29, 0.717) is 0 Å². The van der Waals surface area contributed by atoms with Crippen molar-refractivity contribution in [3.8, 4) is 27.9 Å². The monoisotopic (exact) mass is 612 g/mol. The first-order valence-electron chi connectivity index (χ1n) is 16.4. The summed E-state index contributed by atoms with van der Waals surface area (Å²) < 4.78 is 2.43. The lowest BCUT2D eigenvalue weighted by molar-refractivity contribution is 1.18. The molecule has 226 valence electrons. The van der Waals surface area contributed by atoms with Crippen LogP contribution in [0.4, 0.5) is 17.1 Å². The molecule has 8 aromatic carbocycles. The molecule has 2 heteroatoms. The Bertz CT molecular complexity index is 2510. The molecule has 0 saturated carbocycles. The molecule has 0 N–H and O–H groups in total. The Morgan fingerprint density at radius 2 is 0.771 bits per heavy atom. The molecule has 0 bridgehead atoms. The van der Waals surface area contributed by atoms with Crippen LogP contribution in [-0.2, 0) is 0 Å². The van der Waals surface area contributed by atoms with E-state index in [-0.39, 0.29) is 0 Å². The number of nitrogens with zero attached hydrogens (tertiary/aromatic N) is 2. The third-order valence-corrected chi connectivity index (χ3v) is 9.36. The van der Waals surface area contributed by atoms with Crippen molar-refractivity contribution >= 4 is 49.6 Å². The van der Waals surface area contributed by atoms with E-state index in [2.05, 4.69) is 204 Å². The molecule has 2 nitrogen and oxygen atoms in total. The predicted molar refractivity (Wildman–Crippen MR) is 204 cm³/mol. The van der Waals surface area contributed by atoms with Gasteiger partial charge in [0, 0.05) is 33.5 Å². The number of aromatic nitrogens is 1. The van der Waals surface area contributed by atoms with E-state index in [4.69, 9.17) is 0 Å². The van der Waals surface area contributed by atoms with Gasteiger partial charge in [-0.15, -0.1) is 0 Å². The van der Waals surface area contributed by atoms with Crippen molar-refractivity contribution in [3.63, 3.8) is 0 Å². The second kappa shape index (κ2) is 11.8. The minimum atomic E-state index is 1.11. The summed E-state index contributed by atoms with van der Waals surface area (Å²) in [5, 5.41) is 4.97. The first-order chi connectivity index (χ1) is 23.8. The molecule has 0 amide bonds. The van der Waals surface area contributed by atoms with E-state index in [9.17, 15) is 0 Å². The highest BCUT2D eigenvalue weighted by Crippen LogP contribution is 2.41. The average Bonchev–Trinajstić information content (AvgIpc) is 3.48. The molecule has 0 atom stereocenters. The van der Waals surface area contributed by atoms with Gasteiger partial charge in [-0.2, -0.15) is 0 Å². The maximum absolute atomic E-state index is 2.43. The average molecular weight is 613 g/mol. The van der Waals surface area contributed by atoms with Gasteiger partial charge in [0.1, 0.15) is 0 Å². The molecule has 0 spiro atoms. The largest absolute Gasteiger partial charge is 0.310 e. The van der Waals surface area contributed by atoms with Crippen molar-refractivity contribution in [1.82, 2.24) is 4.57 Å². The van der Waals surface area contributed by atoms with E-state index in [0.717, 1.165) is 22.7 Å². The van der Waals surface area contributed by atoms with Crippen molar-refractivity contribution in [3.05, 3.63) is 194 Å². The summed E-state index contributed by atoms with van der Waals surface area (Å²) in [6.07, 6.45) is 0. The highest BCUT2D eigenvalue weighted by molar-refractivity contribution is 6.14. The van der Waals surface area contributed by atoms with Gasteiger partial charge in [-0.25, -0.2) is 0 Å². The van der Waals surface area contributed by atoms with Gasteiger partial charge < -0.3 is 9.47 Å². The Morgan fingerprint density at radius 1 is 0.312 bits per heavy atom. The number of hydrogen-bond acceptors (Lipinski definition) is 1. The quantitative estimate of drug-likeness (QED) is 0.181. The second-order valence-electron chi connectivity index (χ2n) is 12.3. The van der Waals surface area contributed by atoms with Gasteiger partial charge in [0.05, 0.1) is 11.0 Å². The van der Waals surface area contributed by atoms with Crippen LogP contribution in [0.1, 0.15) is 0 Å². The molecule has 1 heterocycles. The van der Waals surface area contributed by atoms with E-state index in [1.807, 2.05) is 0 Å². The Hall–Kier alpha value is -6.38. The summed E-state index contributed by atoms with van der Waals surface area (Å²) in [5.41, 5.74) is 11.7. The highest BCUT2D eigenvalue weighted by atomic mass is 15.1. The van der Waals surface area contributed by atoms with Crippen molar-refractivity contribution in [2.45, 2.75) is 0 Å². The van der Waals surface area contributed by atoms with Crippen molar-refractivity contribution in [1.29, 1.82) is 0 Å². The molecule has 1 aromatic heterocycles. The molecular formula is C46H32N2. The van der Waals surface area contributed by atoms with Gasteiger partial charge in [-0.05, 0) is 93.7 Å². The SMILES string of the molecule is c1ccc(-c2ccc(N(c3ccccc3)c3ccc4c5cc6ccccc6cc5n(-c5ccc(-c6ccccc6)cc5)c4c3)cc2)cc1. The number of hydrogen-bond donors (Lipinski definition) is 0. The minimum Gasteiger partial charge on any atom is -0.310 e. The number of rotatable bonds is 6. The Kier molecular flexibility index (Phi) is 6.84. The highest BCUT2D eigenvalue weighted by Gasteiger charge is 2.18.